The summed E-state index contributed by atoms with van der Waals surface area (Å²) in [5, 5.41) is 0. The third kappa shape index (κ3) is 4.75. The summed E-state index contributed by atoms with van der Waals surface area (Å²) in [6.45, 7) is 10.2. The van der Waals surface area contributed by atoms with Crippen molar-refractivity contribution in [3.8, 4) is 0 Å². The van der Waals surface area contributed by atoms with E-state index in [2.05, 4.69) is 0 Å². The molecule has 0 radical (unpaired) electrons. The molecule has 1 aliphatic rings. The number of carbonyl (C=O) groups is 1. The molecule has 1 saturated heterocycles. The topological polar surface area (TPSA) is 55.6 Å². The highest BCUT2D eigenvalue weighted by Crippen LogP contribution is 2.20. The van der Waals surface area contributed by atoms with E-state index in [1.165, 1.54) is 0 Å². The molecule has 1 rings (SSSR count). The molecule has 0 aliphatic carbocycles. The summed E-state index contributed by atoms with van der Waals surface area (Å²) in [4.78, 5) is 14.1. The summed E-state index contributed by atoms with van der Waals surface area (Å²) >= 11 is 0. The third-order valence-electron chi connectivity index (χ3n) is 3.34. The zero-order valence-electron chi connectivity index (χ0n) is 11.9. The van der Waals surface area contributed by atoms with E-state index >= 15 is 0 Å². The van der Waals surface area contributed by atoms with Crippen LogP contribution in [0.4, 0.5) is 0 Å². The largest absolute Gasteiger partial charge is 0.376 e. The Morgan fingerprint density at radius 1 is 1.50 bits per heavy atom. The van der Waals surface area contributed by atoms with Crippen LogP contribution in [0.25, 0.3) is 0 Å². The Kier molecular flexibility index (Phi) is 7.18. The van der Waals surface area contributed by atoms with E-state index in [0.717, 1.165) is 19.4 Å². The number of amides is 1. The van der Waals surface area contributed by atoms with Gasteiger partial charge in [0.2, 0.25) is 5.91 Å². The molecule has 1 unspecified atom stereocenters. The molecule has 108 valence electrons. The summed E-state index contributed by atoms with van der Waals surface area (Å²) < 4.78 is 5.57. The summed E-state index contributed by atoms with van der Waals surface area (Å²) in [6, 6.07) is -0.441. The number of nitrogens with zero attached hydrogens (tertiary/aromatic N) is 1. The van der Waals surface area contributed by atoms with Gasteiger partial charge in [0, 0.05) is 19.7 Å². The molecule has 0 aromatic carbocycles. The van der Waals surface area contributed by atoms with Gasteiger partial charge in [-0.3, -0.25) is 4.79 Å². The molecule has 2 atom stereocenters. The Hall–Kier alpha value is -0.320. The maximum Gasteiger partial charge on any atom is 0.240 e. The van der Waals surface area contributed by atoms with Gasteiger partial charge in [-0.05, 0) is 25.2 Å². The second kappa shape index (κ2) is 7.31. The van der Waals surface area contributed by atoms with Gasteiger partial charge in [0.1, 0.15) is 0 Å². The van der Waals surface area contributed by atoms with Crippen molar-refractivity contribution < 1.29 is 9.53 Å². The van der Waals surface area contributed by atoms with Crippen LogP contribution in [-0.2, 0) is 9.53 Å². The predicted octanol–water partition coefficient (Wildman–Crippen LogP) is 1.81. The van der Waals surface area contributed by atoms with Gasteiger partial charge in [-0.15, -0.1) is 12.4 Å². The predicted molar refractivity (Wildman–Crippen MR) is 75.9 cm³/mol. The minimum atomic E-state index is -0.441. The van der Waals surface area contributed by atoms with E-state index in [0.29, 0.717) is 13.1 Å². The number of halogens is 1. The fourth-order valence-electron chi connectivity index (χ4n) is 1.98. The van der Waals surface area contributed by atoms with Crippen molar-refractivity contribution >= 4 is 18.3 Å². The number of carbonyl (C=O) groups excluding carboxylic acids is 1. The zero-order chi connectivity index (χ0) is 13.1. The molecule has 1 heterocycles. The van der Waals surface area contributed by atoms with Crippen LogP contribution >= 0.6 is 12.4 Å². The summed E-state index contributed by atoms with van der Waals surface area (Å²) in [5.74, 6) is 0.0375. The third-order valence-corrected chi connectivity index (χ3v) is 3.34. The molecule has 0 aromatic rings. The molecule has 5 heteroatoms. The highest BCUT2D eigenvalue weighted by atomic mass is 35.5. The minimum absolute atomic E-state index is 0. The molecule has 0 aromatic heterocycles. The number of hydrogen-bond acceptors (Lipinski definition) is 3. The van der Waals surface area contributed by atoms with Crippen molar-refractivity contribution in [2.75, 3.05) is 19.7 Å². The van der Waals surface area contributed by atoms with Crippen LogP contribution in [-0.4, -0.2) is 42.6 Å². The Morgan fingerprint density at radius 2 is 2.11 bits per heavy atom. The molecule has 18 heavy (non-hydrogen) atoms. The zero-order valence-corrected chi connectivity index (χ0v) is 12.8. The maximum absolute atomic E-state index is 12.3. The maximum atomic E-state index is 12.3. The Balaban J connectivity index is 0.00000289. The summed E-state index contributed by atoms with van der Waals surface area (Å²) in [6.07, 6.45) is 2.35. The molecule has 0 spiro atoms. The van der Waals surface area contributed by atoms with Crippen LogP contribution in [0.1, 0.15) is 40.5 Å². The van der Waals surface area contributed by atoms with Crippen LogP contribution in [0.15, 0.2) is 0 Å². The molecule has 2 N–H and O–H groups in total. The molecule has 4 nitrogen and oxygen atoms in total. The standard InChI is InChI=1S/C13H26N2O2.ClH/c1-5-15(9-10-7-6-8-17-10)12(16)11(14)13(2,3)4;/h10-11H,5-9,14H2,1-4H3;1H/t10?,11-;/m1./s1. The van der Waals surface area contributed by atoms with Gasteiger partial charge in [0.05, 0.1) is 12.1 Å². The lowest BCUT2D eigenvalue weighted by atomic mass is 9.86. The highest BCUT2D eigenvalue weighted by Gasteiger charge is 2.32. The first-order chi connectivity index (χ1) is 7.86. The smallest absolute Gasteiger partial charge is 0.240 e. The first kappa shape index (κ1) is 17.7. The number of ether oxygens (including phenoxy) is 1. The Bertz CT molecular complexity index is 260. The Morgan fingerprint density at radius 3 is 2.50 bits per heavy atom. The van der Waals surface area contributed by atoms with Crippen molar-refractivity contribution in [2.45, 2.75) is 52.7 Å². The molecule has 1 amide bonds. The van der Waals surface area contributed by atoms with E-state index < -0.39 is 6.04 Å². The molecule has 0 saturated carbocycles. The minimum Gasteiger partial charge on any atom is -0.376 e. The van der Waals surface area contributed by atoms with E-state index in [1.54, 1.807) is 0 Å². The first-order valence-corrected chi connectivity index (χ1v) is 6.52. The van der Waals surface area contributed by atoms with Gasteiger partial charge < -0.3 is 15.4 Å². The number of likely N-dealkylation sites (N-methyl/N-ethyl adjacent to an activating group) is 1. The first-order valence-electron chi connectivity index (χ1n) is 6.52. The van der Waals surface area contributed by atoms with E-state index in [-0.39, 0.29) is 29.8 Å². The van der Waals surface area contributed by atoms with Gasteiger partial charge in [-0.2, -0.15) is 0 Å². The number of rotatable bonds is 4. The van der Waals surface area contributed by atoms with Crippen LogP contribution in [0.2, 0.25) is 0 Å². The summed E-state index contributed by atoms with van der Waals surface area (Å²) in [5.41, 5.74) is 5.82. The molecule has 0 bridgehead atoms. The van der Waals surface area contributed by atoms with Crippen LogP contribution in [0, 0.1) is 5.41 Å². The van der Waals surface area contributed by atoms with E-state index in [9.17, 15) is 4.79 Å². The SMILES string of the molecule is CCN(CC1CCCO1)C(=O)[C@@H](N)C(C)(C)C.Cl. The lowest BCUT2D eigenvalue weighted by Crippen LogP contribution is -2.51. The van der Waals surface area contributed by atoms with Crippen LogP contribution < -0.4 is 5.73 Å². The fourth-order valence-corrected chi connectivity index (χ4v) is 1.98. The van der Waals surface area contributed by atoms with Crippen molar-refractivity contribution in [1.29, 1.82) is 0 Å². The van der Waals surface area contributed by atoms with Crippen LogP contribution in [0.3, 0.4) is 0 Å². The number of hydrogen-bond donors (Lipinski definition) is 1. The van der Waals surface area contributed by atoms with Crippen LogP contribution in [0.5, 0.6) is 0 Å². The molecular weight excluding hydrogens is 252 g/mol. The average Bonchev–Trinajstić information content (AvgIpc) is 2.75. The fraction of sp³-hybridized carbons (Fsp3) is 0.923. The van der Waals surface area contributed by atoms with Gasteiger partial charge in [-0.1, -0.05) is 20.8 Å². The monoisotopic (exact) mass is 278 g/mol. The van der Waals surface area contributed by atoms with E-state index in [4.69, 9.17) is 10.5 Å². The van der Waals surface area contributed by atoms with Gasteiger partial charge in [0.25, 0.3) is 0 Å². The lowest BCUT2D eigenvalue weighted by Gasteiger charge is -2.32. The van der Waals surface area contributed by atoms with Crippen molar-refractivity contribution in [3.63, 3.8) is 0 Å². The molecule has 1 fully saturated rings. The van der Waals surface area contributed by atoms with Crippen molar-refractivity contribution in [1.82, 2.24) is 4.90 Å². The van der Waals surface area contributed by atoms with Gasteiger partial charge in [0.15, 0.2) is 0 Å². The van der Waals surface area contributed by atoms with Crippen molar-refractivity contribution in [2.24, 2.45) is 11.1 Å². The Labute approximate surface area is 117 Å². The van der Waals surface area contributed by atoms with Crippen molar-refractivity contribution in [3.05, 3.63) is 0 Å². The highest BCUT2D eigenvalue weighted by molar-refractivity contribution is 5.85. The molecule has 1 aliphatic heterocycles. The van der Waals surface area contributed by atoms with Gasteiger partial charge in [-0.25, -0.2) is 0 Å². The second-order valence-electron chi connectivity index (χ2n) is 5.86. The lowest BCUT2D eigenvalue weighted by molar-refractivity contribution is -0.136. The van der Waals surface area contributed by atoms with Gasteiger partial charge >= 0.3 is 0 Å². The average molecular weight is 279 g/mol. The van der Waals surface area contributed by atoms with E-state index in [1.807, 2.05) is 32.6 Å². The number of nitrogens with two attached hydrogens (primary N) is 1. The second-order valence-corrected chi connectivity index (χ2v) is 5.86. The normalized spacial score (nSPS) is 21.3. The quantitative estimate of drug-likeness (QED) is 0.853. The summed E-state index contributed by atoms with van der Waals surface area (Å²) in [7, 11) is 0. The molecular formula is C13H27ClN2O2.